The van der Waals surface area contributed by atoms with Crippen LogP contribution in [0, 0.1) is 0 Å². The molecule has 0 fully saturated rings. The van der Waals surface area contributed by atoms with Crippen molar-refractivity contribution in [1.29, 1.82) is 0 Å². The summed E-state index contributed by atoms with van der Waals surface area (Å²) < 4.78 is 2.77. The molecule has 3 aromatic rings. The molecule has 1 heterocycles. The van der Waals surface area contributed by atoms with Gasteiger partial charge in [-0.05, 0) is 29.8 Å². The van der Waals surface area contributed by atoms with Gasteiger partial charge in [-0.1, -0.05) is 46.3 Å². The topological polar surface area (TPSA) is 22.0 Å². The highest BCUT2D eigenvalue weighted by Crippen LogP contribution is 2.29. The molecule has 3 rings (SSSR count). The fourth-order valence-corrected chi connectivity index (χ4v) is 2.75. The molecule has 1 aromatic heterocycles. The number of carbonyl (C=O) groups is 1. The van der Waals surface area contributed by atoms with E-state index >= 15 is 0 Å². The lowest BCUT2D eigenvalue weighted by molar-refractivity contribution is 0.0943. The fraction of sp³-hybridized carbons (Fsp3) is 0.0625. The van der Waals surface area contributed by atoms with Gasteiger partial charge in [0.1, 0.15) is 0 Å². The Morgan fingerprint density at radius 1 is 1.05 bits per heavy atom. The van der Waals surface area contributed by atoms with Crippen LogP contribution in [0.15, 0.2) is 59.1 Å². The Hall–Kier alpha value is -1.87. The molecule has 0 atom stereocenters. The molecule has 2 aromatic carbocycles. The summed E-state index contributed by atoms with van der Waals surface area (Å²) in [6.07, 6.45) is 0. The molecule has 0 bridgehead atoms. The average molecular weight is 314 g/mol. The fourth-order valence-electron chi connectivity index (χ4n) is 2.35. The van der Waals surface area contributed by atoms with E-state index in [1.807, 2.05) is 48.5 Å². The van der Waals surface area contributed by atoms with Crippen LogP contribution in [0.2, 0.25) is 0 Å². The maximum Gasteiger partial charge on any atom is 0.228 e. The van der Waals surface area contributed by atoms with Crippen LogP contribution in [0.5, 0.6) is 0 Å². The van der Waals surface area contributed by atoms with E-state index < -0.39 is 0 Å². The third-order valence-electron chi connectivity index (χ3n) is 3.15. The van der Waals surface area contributed by atoms with Crippen molar-refractivity contribution >= 4 is 32.7 Å². The highest BCUT2D eigenvalue weighted by molar-refractivity contribution is 9.10. The van der Waals surface area contributed by atoms with E-state index in [-0.39, 0.29) is 5.91 Å². The Balaban J connectivity index is 2.34. The van der Waals surface area contributed by atoms with Crippen LogP contribution < -0.4 is 0 Å². The van der Waals surface area contributed by atoms with Crippen molar-refractivity contribution in [3.8, 4) is 11.3 Å². The van der Waals surface area contributed by atoms with E-state index in [1.165, 1.54) is 0 Å². The van der Waals surface area contributed by atoms with Crippen LogP contribution >= 0.6 is 15.9 Å². The zero-order valence-electron chi connectivity index (χ0n) is 10.4. The number of fused-ring (bicyclic) bond motifs is 1. The van der Waals surface area contributed by atoms with E-state index in [4.69, 9.17) is 0 Å². The third kappa shape index (κ3) is 2.10. The van der Waals surface area contributed by atoms with Gasteiger partial charge < -0.3 is 0 Å². The Morgan fingerprint density at radius 3 is 2.58 bits per heavy atom. The monoisotopic (exact) mass is 313 g/mol. The summed E-state index contributed by atoms with van der Waals surface area (Å²) in [7, 11) is 0. The van der Waals surface area contributed by atoms with Crippen LogP contribution in [-0.2, 0) is 0 Å². The molecule has 0 spiro atoms. The molecule has 94 valence electrons. The molecule has 0 N–H and O–H groups in total. The molecule has 19 heavy (non-hydrogen) atoms. The van der Waals surface area contributed by atoms with Crippen molar-refractivity contribution in [3.63, 3.8) is 0 Å². The van der Waals surface area contributed by atoms with Crippen molar-refractivity contribution in [2.75, 3.05) is 0 Å². The molecule has 0 aliphatic rings. The molecule has 3 heteroatoms. The maximum atomic E-state index is 12.0. The lowest BCUT2D eigenvalue weighted by atomic mass is 10.1. The average Bonchev–Trinajstić information content (AvgIpc) is 2.78. The van der Waals surface area contributed by atoms with Crippen LogP contribution in [0.4, 0.5) is 0 Å². The normalized spacial score (nSPS) is 10.8. The minimum absolute atomic E-state index is 0.0242. The van der Waals surface area contributed by atoms with Gasteiger partial charge in [0.05, 0.1) is 11.2 Å². The molecule has 2 nitrogen and oxygen atoms in total. The van der Waals surface area contributed by atoms with Crippen LogP contribution in [0.1, 0.15) is 11.7 Å². The quantitative estimate of drug-likeness (QED) is 0.636. The summed E-state index contributed by atoms with van der Waals surface area (Å²) in [6.45, 7) is 1.59. The van der Waals surface area contributed by atoms with Gasteiger partial charge in [-0.15, -0.1) is 0 Å². The second kappa shape index (κ2) is 4.67. The number of halogens is 1. The number of aromatic nitrogens is 1. The maximum absolute atomic E-state index is 12.0. The minimum Gasteiger partial charge on any atom is -0.280 e. The van der Waals surface area contributed by atoms with E-state index in [9.17, 15) is 4.79 Å². The van der Waals surface area contributed by atoms with Gasteiger partial charge >= 0.3 is 0 Å². The number of hydrogen-bond acceptors (Lipinski definition) is 1. The molecule has 0 unspecified atom stereocenters. The van der Waals surface area contributed by atoms with Crippen molar-refractivity contribution in [3.05, 3.63) is 59.1 Å². The van der Waals surface area contributed by atoms with Crippen molar-refractivity contribution in [2.24, 2.45) is 0 Å². The highest BCUT2D eigenvalue weighted by atomic mass is 79.9. The Kier molecular flexibility index (Phi) is 2.99. The smallest absolute Gasteiger partial charge is 0.228 e. The molecule has 0 aliphatic heterocycles. The molecular formula is C16H12BrNO. The number of hydrogen-bond donors (Lipinski definition) is 0. The van der Waals surface area contributed by atoms with Crippen LogP contribution in [-0.4, -0.2) is 10.5 Å². The first-order valence-corrected chi connectivity index (χ1v) is 6.83. The summed E-state index contributed by atoms with van der Waals surface area (Å²) in [5.74, 6) is 0.0242. The number of benzene rings is 2. The predicted molar refractivity (Wildman–Crippen MR) is 81.4 cm³/mol. The first-order chi connectivity index (χ1) is 9.16. The summed E-state index contributed by atoms with van der Waals surface area (Å²) >= 11 is 3.47. The van der Waals surface area contributed by atoms with Crippen molar-refractivity contribution in [1.82, 2.24) is 4.57 Å². The second-order valence-electron chi connectivity index (χ2n) is 4.45. The number of carbonyl (C=O) groups excluding carboxylic acids is 1. The number of rotatable bonds is 1. The first kappa shape index (κ1) is 12.2. The van der Waals surface area contributed by atoms with Gasteiger partial charge in [0, 0.05) is 16.8 Å². The van der Waals surface area contributed by atoms with E-state index in [0.29, 0.717) is 0 Å². The van der Waals surface area contributed by atoms with Crippen molar-refractivity contribution in [2.45, 2.75) is 6.92 Å². The van der Waals surface area contributed by atoms with Gasteiger partial charge in [-0.3, -0.25) is 9.36 Å². The Bertz CT molecular complexity index is 773. The zero-order chi connectivity index (χ0) is 13.4. The van der Waals surface area contributed by atoms with Gasteiger partial charge in [0.25, 0.3) is 0 Å². The van der Waals surface area contributed by atoms with E-state index in [1.54, 1.807) is 11.5 Å². The lowest BCUT2D eigenvalue weighted by Crippen LogP contribution is -2.06. The third-order valence-corrected chi connectivity index (χ3v) is 3.64. The number of para-hydroxylation sites is 1. The molecule has 0 radical (unpaired) electrons. The van der Waals surface area contributed by atoms with Crippen LogP contribution in [0.25, 0.3) is 22.2 Å². The molecule has 0 saturated carbocycles. The SMILES string of the molecule is CC(=O)n1c(-c2cccc(Br)c2)cc2ccccc21. The summed E-state index contributed by atoms with van der Waals surface area (Å²) in [5, 5.41) is 1.08. The van der Waals surface area contributed by atoms with Gasteiger partial charge in [-0.25, -0.2) is 0 Å². The van der Waals surface area contributed by atoms with Gasteiger partial charge in [-0.2, -0.15) is 0 Å². The standard InChI is InChI=1S/C16H12BrNO/c1-11(19)18-15-8-3-2-5-13(15)10-16(18)12-6-4-7-14(17)9-12/h2-10H,1H3. The summed E-state index contributed by atoms with van der Waals surface area (Å²) in [4.78, 5) is 12.0. The molecular weight excluding hydrogens is 302 g/mol. The van der Waals surface area contributed by atoms with Gasteiger partial charge in [0.15, 0.2) is 0 Å². The Morgan fingerprint density at radius 2 is 1.84 bits per heavy atom. The van der Waals surface area contributed by atoms with E-state index in [0.717, 1.165) is 26.6 Å². The second-order valence-corrected chi connectivity index (χ2v) is 5.37. The van der Waals surface area contributed by atoms with E-state index in [2.05, 4.69) is 22.0 Å². The molecule has 0 aliphatic carbocycles. The zero-order valence-corrected chi connectivity index (χ0v) is 12.0. The van der Waals surface area contributed by atoms with Crippen LogP contribution in [0.3, 0.4) is 0 Å². The first-order valence-electron chi connectivity index (χ1n) is 6.04. The number of nitrogens with zero attached hydrogens (tertiary/aromatic N) is 1. The summed E-state index contributed by atoms with van der Waals surface area (Å²) in [5.41, 5.74) is 2.90. The summed E-state index contributed by atoms with van der Waals surface area (Å²) in [6, 6.07) is 18.0. The minimum atomic E-state index is 0.0242. The molecule has 0 amide bonds. The Labute approximate surface area is 119 Å². The predicted octanol–water partition coefficient (Wildman–Crippen LogP) is 4.73. The largest absolute Gasteiger partial charge is 0.280 e. The van der Waals surface area contributed by atoms with Crippen molar-refractivity contribution < 1.29 is 4.79 Å². The molecule has 0 saturated heterocycles. The lowest BCUT2D eigenvalue weighted by Gasteiger charge is -2.07. The highest BCUT2D eigenvalue weighted by Gasteiger charge is 2.13. The van der Waals surface area contributed by atoms with Gasteiger partial charge in [0.2, 0.25) is 5.91 Å².